The maximum absolute atomic E-state index is 13.6. The number of fused-ring (bicyclic) bond motifs is 5. The van der Waals surface area contributed by atoms with E-state index in [0.29, 0.717) is 44.5 Å². The van der Waals surface area contributed by atoms with Crippen LogP contribution in [0.1, 0.15) is 86.7 Å². The van der Waals surface area contributed by atoms with Crippen LogP contribution >= 0.6 is 11.6 Å². The van der Waals surface area contributed by atoms with Crippen LogP contribution in [0.4, 0.5) is 5.69 Å². The van der Waals surface area contributed by atoms with E-state index in [2.05, 4.69) is 31.6 Å². The SMILES string of the molecule is C[C@@H]1[C@@H](C)C/C=C\[C@@](O)(CN2CCN3CCCC[C@@H]3C2)[C@@H]2CC[C@H]2CN2C[C@@]3(CCCc4cc(Cl)ccc43)COc3ccc(cc32)C(=O)NS1(=O)=O. The summed E-state index contributed by atoms with van der Waals surface area (Å²) in [5, 5.41) is 12.8. The third-order valence-electron chi connectivity index (χ3n) is 13.7. The van der Waals surface area contributed by atoms with Crippen LogP contribution in [0.5, 0.6) is 5.75 Å². The number of nitrogens with zero attached hydrogens (tertiary/aromatic N) is 3. The smallest absolute Gasteiger partial charge is 0.264 e. The lowest BCUT2D eigenvalue weighted by Crippen LogP contribution is -2.60. The van der Waals surface area contributed by atoms with Crippen LogP contribution in [0, 0.1) is 17.8 Å². The van der Waals surface area contributed by atoms with Gasteiger partial charge in [-0.3, -0.25) is 14.6 Å². The molecule has 2 aliphatic carbocycles. The monoisotopic (exact) mass is 750 g/mol. The standard InChI is InChI=1S/C41H55ClN4O5S/c1-28-7-5-17-41(48,26-44-19-20-45-18-4-3-9-34(45)24-44)36-13-10-32(36)23-46-25-40(16-6-8-30-21-33(42)12-14-35(30)40)27-51-38-15-11-31(22-37(38)46)39(47)43-52(49,50)29(28)2/h5,11-12,14-15,17,21-22,28-29,32,34,36,48H,3-4,6-10,13,16,18-20,23-27H2,1-2H3,(H,43,47)/b17-5-/t28-,29+,32-,34+,36+,40-,41+/m0/s1. The number of piperazine rings is 1. The van der Waals surface area contributed by atoms with E-state index in [1.54, 1.807) is 13.0 Å². The molecule has 0 aromatic heterocycles. The summed E-state index contributed by atoms with van der Waals surface area (Å²) in [6.45, 7) is 10.2. The second-order valence-corrected chi connectivity index (χ2v) is 19.4. The van der Waals surface area contributed by atoms with E-state index < -0.39 is 26.8 Å². The summed E-state index contributed by atoms with van der Waals surface area (Å²) < 4.78 is 36.2. The van der Waals surface area contributed by atoms with E-state index in [-0.39, 0.29) is 28.7 Å². The van der Waals surface area contributed by atoms with Gasteiger partial charge in [0.2, 0.25) is 10.0 Å². The number of aryl methyl sites for hydroxylation is 1. The molecule has 2 aromatic rings. The number of nitrogens with one attached hydrogen (secondary N) is 1. The molecule has 52 heavy (non-hydrogen) atoms. The van der Waals surface area contributed by atoms with E-state index >= 15 is 0 Å². The Bertz CT molecular complexity index is 1820. The zero-order chi connectivity index (χ0) is 36.3. The number of β-amino-alcohol motifs (C(OH)–C–C–N with tert-alkyl or cyclic N) is 1. The highest BCUT2D eigenvalue weighted by Gasteiger charge is 2.49. The van der Waals surface area contributed by atoms with Gasteiger partial charge >= 0.3 is 0 Å². The molecule has 0 radical (unpaired) electrons. The number of allylic oxidation sites excluding steroid dienone is 1. The van der Waals surface area contributed by atoms with Crippen molar-refractivity contribution in [3.05, 3.63) is 70.3 Å². The van der Waals surface area contributed by atoms with Crippen molar-refractivity contribution in [1.82, 2.24) is 14.5 Å². The lowest BCUT2D eigenvalue weighted by atomic mass is 9.63. The second-order valence-electron chi connectivity index (χ2n) is 16.9. The second kappa shape index (κ2) is 14.2. The number of aliphatic hydroxyl groups is 1. The first-order chi connectivity index (χ1) is 24.9. The fraction of sp³-hybridized carbons (Fsp3) is 0.634. The number of amides is 1. The van der Waals surface area contributed by atoms with Crippen molar-refractivity contribution in [2.75, 3.05) is 57.3 Å². The first kappa shape index (κ1) is 36.4. The number of rotatable bonds is 2. The Labute approximate surface area is 314 Å². The van der Waals surface area contributed by atoms with Crippen molar-refractivity contribution in [1.29, 1.82) is 0 Å². The molecule has 6 aliphatic rings. The van der Waals surface area contributed by atoms with Crippen molar-refractivity contribution in [2.24, 2.45) is 17.8 Å². The zero-order valence-corrected chi connectivity index (χ0v) is 32.3. The Kier molecular flexibility index (Phi) is 9.94. The highest BCUT2D eigenvalue weighted by atomic mass is 35.5. The number of piperidine rings is 1. The number of hydrogen-bond donors (Lipinski definition) is 2. The Hall–Kier alpha value is -2.63. The molecular weight excluding hydrogens is 696 g/mol. The summed E-state index contributed by atoms with van der Waals surface area (Å²) in [7, 11) is -3.97. The number of benzene rings is 2. The Morgan fingerprint density at radius 2 is 1.88 bits per heavy atom. The summed E-state index contributed by atoms with van der Waals surface area (Å²) in [5.41, 5.74) is 2.28. The van der Waals surface area contributed by atoms with Gasteiger partial charge in [0.25, 0.3) is 5.91 Å². The van der Waals surface area contributed by atoms with E-state index in [0.717, 1.165) is 62.4 Å². The molecule has 4 aliphatic heterocycles. The molecule has 282 valence electrons. The molecule has 3 fully saturated rings. The summed E-state index contributed by atoms with van der Waals surface area (Å²) in [5.74, 6) is 0.0722. The molecule has 8 rings (SSSR count). The van der Waals surface area contributed by atoms with Gasteiger partial charge in [0.1, 0.15) is 5.75 Å². The number of hydrogen-bond acceptors (Lipinski definition) is 8. The average Bonchev–Trinajstić information content (AvgIpc) is 3.25. The fourth-order valence-corrected chi connectivity index (χ4v) is 11.7. The summed E-state index contributed by atoms with van der Waals surface area (Å²) in [4.78, 5) is 21.1. The van der Waals surface area contributed by atoms with E-state index in [1.165, 1.54) is 36.9 Å². The third-order valence-corrected chi connectivity index (χ3v) is 15.8. The Morgan fingerprint density at radius 1 is 1.02 bits per heavy atom. The summed E-state index contributed by atoms with van der Waals surface area (Å²) >= 11 is 6.49. The largest absolute Gasteiger partial charge is 0.490 e. The van der Waals surface area contributed by atoms with Gasteiger partial charge in [-0.1, -0.05) is 43.2 Å². The van der Waals surface area contributed by atoms with Crippen molar-refractivity contribution in [2.45, 2.75) is 93.9 Å². The minimum absolute atomic E-state index is 0.0463. The van der Waals surface area contributed by atoms with Crippen LogP contribution in [-0.2, 0) is 21.9 Å². The lowest BCUT2D eigenvalue weighted by Gasteiger charge is -2.52. The number of carbonyl (C=O) groups is 1. The molecule has 11 heteroatoms. The Balaban J connectivity index is 1.17. The third kappa shape index (κ3) is 6.91. The average molecular weight is 751 g/mol. The molecule has 1 spiro atoms. The molecule has 2 saturated heterocycles. The first-order valence-electron chi connectivity index (χ1n) is 19.7. The quantitative estimate of drug-likeness (QED) is 0.373. The van der Waals surface area contributed by atoms with Crippen LogP contribution in [-0.4, -0.2) is 98.5 Å². The van der Waals surface area contributed by atoms with E-state index in [1.807, 2.05) is 37.3 Å². The minimum Gasteiger partial charge on any atom is -0.490 e. The van der Waals surface area contributed by atoms with E-state index in [9.17, 15) is 18.3 Å². The van der Waals surface area contributed by atoms with Gasteiger partial charge in [-0.05, 0) is 124 Å². The molecule has 2 aromatic carbocycles. The summed E-state index contributed by atoms with van der Waals surface area (Å²) in [6.07, 6.45) is 13.2. The fourth-order valence-electron chi connectivity index (χ4n) is 10.3. The maximum atomic E-state index is 13.6. The number of anilines is 1. The van der Waals surface area contributed by atoms with Crippen LogP contribution in [0.25, 0.3) is 0 Å². The number of carbonyl (C=O) groups excluding carboxylic acids is 1. The van der Waals surface area contributed by atoms with Crippen LogP contribution in [0.3, 0.4) is 0 Å². The topological polar surface area (TPSA) is 102 Å². The molecule has 1 saturated carbocycles. The highest BCUT2D eigenvalue weighted by molar-refractivity contribution is 7.90. The highest BCUT2D eigenvalue weighted by Crippen LogP contribution is 2.48. The van der Waals surface area contributed by atoms with Gasteiger partial charge in [0.15, 0.2) is 0 Å². The van der Waals surface area contributed by atoms with Crippen LogP contribution in [0.15, 0.2) is 48.6 Å². The van der Waals surface area contributed by atoms with Gasteiger partial charge in [-0.2, -0.15) is 0 Å². The molecular formula is C41H55ClN4O5S. The summed E-state index contributed by atoms with van der Waals surface area (Å²) in [6, 6.07) is 12.1. The molecule has 4 heterocycles. The van der Waals surface area contributed by atoms with Gasteiger partial charge in [-0.25, -0.2) is 13.1 Å². The van der Waals surface area contributed by atoms with Crippen molar-refractivity contribution < 1.29 is 23.1 Å². The normalized spacial score (nSPS) is 35.9. The molecule has 0 unspecified atom stereocenters. The van der Waals surface area contributed by atoms with Gasteiger partial charge in [0.05, 0.1) is 23.1 Å². The van der Waals surface area contributed by atoms with Crippen LogP contribution < -0.4 is 14.4 Å². The van der Waals surface area contributed by atoms with Gasteiger partial charge < -0.3 is 14.7 Å². The number of ether oxygens (including phenoxy) is 1. The van der Waals surface area contributed by atoms with Crippen molar-refractivity contribution in [3.8, 4) is 5.75 Å². The number of sulfonamides is 1. The van der Waals surface area contributed by atoms with Gasteiger partial charge in [0, 0.05) is 61.3 Å². The zero-order valence-electron chi connectivity index (χ0n) is 30.7. The molecule has 7 atom stereocenters. The predicted octanol–water partition coefficient (Wildman–Crippen LogP) is 5.78. The molecule has 9 nitrogen and oxygen atoms in total. The molecule has 2 bridgehead atoms. The van der Waals surface area contributed by atoms with Crippen molar-refractivity contribution >= 4 is 33.2 Å². The molecule has 2 N–H and O–H groups in total. The number of halogens is 1. The van der Waals surface area contributed by atoms with Gasteiger partial charge in [-0.15, -0.1) is 0 Å². The maximum Gasteiger partial charge on any atom is 0.264 e. The predicted molar refractivity (Wildman–Crippen MR) is 206 cm³/mol. The van der Waals surface area contributed by atoms with Crippen molar-refractivity contribution in [3.63, 3.8) is 0 Å². The first-order valence-corrected chi connectivity index (χ1v) is 21.6. The molecule has 1 amide bonds. The lowest BCUT2D eigenvalue weighted by molar-refractivity contribution is -0.0766. The Morgan fingerprint density at radius 3 is 2.71 bits per heavy atom. The van der Waals surface area contributed by atoms with E-state index in [4.69, 9.17) is 16.3 Å². The minimum atomic E-state index is -3.97. The van der Waals surface area contributed by atoms with Crippen LogP contribution in [0.2, 0.25) is 5.02 Å².